The summed E-state index contributed by atoms with van der Waals surface area (Å²) in [6.45, 7) is 4.58. The number of likely N-dealkylation sites (N-methyl/N-ethyl adjacent to an activating group) is 1. The highest BCUT2D eigenvalue weighted by Gasteiger charge is 2.56. The summed E-state index contributed by atoms with van der Waals surface area (Å²) in [6.07, 6.45) is 3.83. The Morgan fingerprint density at radius 3 is 2.69 bits per heavy atom. The molecule has 1 amide bonds. The van der Waals surface area contributed by atoms with Crippen LogP contribution in [0.3, 0.4) is 0 Å². The van der Waals surface area contributed by atoms with E-state index >= 15 is 4.39 Å². The Balaban J connectivity index is 1.24. The average molecular weight is 703 g/mol. The number of amides is 1. The number of halogens is 3. The zero-order valence-electron chi connectivity index (χ0n) is 27.0. The van der Waals surface area contributed by atoms with Crippen LogP contribution in [0.15, 0.2) is 18.2 Å². The normalized spacial score (nSPS) is 25.5. The van der Waals surface area contributed by atoms with Crippen LogP contribution in [0, 0.1) is 46.1 Å². The van der Waals surface area contributed by atoms with Crippen LogP contribution in [0.2, 0.25) is 5.02 Å². The molecule has 4 aromatic rings. The minimum atomic E-state index is -0.756. The number of ether oxygens (including phenoxy) is 1. The van der Waals surface area contributed by atoms with Crippen molar-refractivity contribution < 1.29 is 18.3 Å². The molecular weight excluding hydrogens is 670 g/mol. The summed E-state index contributed by atoms with van der Waals surface area (Å²) in [5.74, 6) is -1.31. The Bertz CT molecular complexity index is 2150. The molecule has 1 saturated carbocycles. The minimum absolute atomic E-state index is 0.0153. The molecule has 5 heterocycles. The molecule has 4 aliphatic rings. The number of nitrogens with zero attached hydrogens (tertiary/aromatic N) is 7. The molecule has 1 unspecified atom stereocenters. The second-order valence-electron chi connectivity index (χ2n) is 13.8. The van der Waals surface area contributed by atoms with Gasteiger partial charge in [-0.15, -0.1) is 11.3 Å². The first-order valence-corrected chi connectivity index (χ1v) is 17.7. The van der Waals surface area contributed by atoms with Crippen LogP contribution in [0.5, 0.6) is 6.01 Å². The topological polar surface area (TPSA) is 135 Å². The first kappa shape index (κ1) is 31.9. The number of aromatic nitrogens is 2. The molecule has 0 bridgehead atoms. The highest BCUT2D eigenvalue weighted by molar-refractivity contribution is 7.23. The molecule has 252 valence electrons. The van der Waals surface area contributed by atoms with E-state index in [-0.39, 0.29) is 78.2 Å². The van der Waals surface area contributed by atoms with Crippen LogP contribution >= 0.6 is 22.9 Å². The Kier molecular flexibility index (Phi) is 7.59. The SMILES string of the molecule is C[C@H](Oc1nc(N2CCC3(CCN3C(=O)[C@@H]3C[C@H]3C#N)C2)c2cc(Cl)c(-c3ccc(F)c4sc(N)c(C#N)c34)c(F)c2n1)[C@@H]1CCCN1C. The van der Waals surface area contributed by atoms with Gasteiger partial charge in [-0.1, -0.05) is 17.7 Å². The van der Waals surface area contributed by atoms with Crippen molar-refractivity contribution in [1.82, 2.24) is 19.8 Å². The summed E-state index contributed by atoms with van der Waals surface area (Å²) in [7, 11) is 2.05. The summed E-state index contributed by atoms with van der Waals surface area (Å²) in [6, 6.07) is 8.63. The zero-order valence-corrected chi connectivity index (χ0v) is 28.5. The molecule has 49 heavy (non-hydrogen) atoms. The number of hydrogen-bond donors (Lipinski definition) is 1. The molecule has 14 heteroatoms. The van der Waals surface area contributed by atoms with Crippen molar-refractivity contribution in [2.24, 2.45) is 11.8 Å². The highest BCUT2D eigenvalue weighted by Crippen LogP contribution is 2.49. The molecule has 1 aliphatic carbocycles. The minimum Gasteiger partial charge on any atom is -0.459 e. The van der Waals surface area contributed by atoms with Crippen molar-refractivity contribution in [1.29, 1.82) is 10.5 Å². The van der Waals surface area contributed by atoms with Gasteiger partial charge in [0.1, 0.15) is 34.3 Å². The van der Waals surface area contributed by atoms with Crippen LogP contribution < -0.4 is 15.4 Å². The fraction of sp³-hybridized carbons (Fsp3) is 0.457. The molecule has 2 aromatic carbocycles. The number of carbonyl (C=O) groups is 1. The van der Waals surface area contributed by atoms with Crippen LogP contribution in [-0.4, -0.2) is 76.6 Å². The van der Waals surface area contributed by atoms with Gasteiger partial charge < -0.3 is 20.3 Å². The van der Waals surface area contributed by atoms with Crippen molar-refractivity contribution in [2.75, 3.05) is 43.9 Å². The number of hydrogen-bond acceptors (Lipinski definition) is 10. The van der Waals surface area contributed by atoms with Gasteiger partial charge in [0.2, 0.25) is 5.91 Å². The first-order chi connectivity index (χ1) is 23.5. The van der Waals surface area contributed by atoms with Crippen LogP contribution in [0.25, 0.3) is 32.1 Å². The van der Waals surface area contributed by atoms with Crippen LogP contribution in [0.1, 0.15) is 44.6 Å². The maximum atomic E-state index is 17.1. The lowest BCUT2D eigenvalue weighted by atomic mass is 9.83. The van der Waals surface area contributed by atoms with Crippen molar-refractivity contribution in [3.8, 4) is 29.3 Å². The van der Waals surface area contributed by atoms with E-state index in [0.717, 1.165) is 37.1 Å². The van der Waals surface area contributed by atoms with Crippen LogP contribution in [0.4, 0.5) is 19.6 Å². The number of rotatable bonds is 6. The van der Waals surface area contributed by atoms with E-state index < -0.39 is 17.2 Å². The number of fused-ring (bicyclic) bond motifs is 2. The van der Waals surface area contributed by atoms with Gasteiger partial charge in [0, 0.05) is 42.0 Å². The Hall–Kier alpha value is -4.30. The molecule has 4 fully saturated rings. The standard InChI is InChI=1S/C35H33ClF2N8O2S/c1-17(25-4-3-9-44(25)2)48-34-42-29-21(32(43-34)45-10-7-35(16-45)8-11-46(35)33(47)20-12-18(20)14-39)13-23(36)27(28(29)38)19-5-6-24(37)30-26(19)22(15-40)31(41)49-30/h5-6,13,17-18,20,25H,3-4,7-12,16,41H2,1-2H3/t17-,18-,20+,25-,35?/m0/s1. The number of benzene rings is 2. The molecule has 10 nitrogen and oxygen atoms in total. The molecule has 3 aliphatic heterocycles. The quantitative estimate of drug-likeness (QED) is 0.253. The third kappa shape index (κ3) is 4.97. The van der Waals surface area contributed by atoms with E-state index in [4.69, 9.17) is 27.1 Å². The van der Waals surface area contributed by atoms with Crippen molar-refractivity contribution in [2.45, 2.75) is 56.7 Å². The van der Waals surface area contributed by atoms with Gasteiger partial charge in [-0.05, 0) is 70.3 Å². The molecule has 3 saturated heterocycles. The summed E-state index contributed by atoms with van der Waals surface area (Å²) in [5.41, 5.74) is 5.92. The van der Waals surface area contributed by atoms with Gasteiger partial charge in [-0.3, -0.25) is 9.69 Å². The van der Waals surface area contributed by atoms with E-state index in [1.807, 2.05) is 29.8 Å². The summed E-state index contributed by atoms with van der Waals surface area (Å²) in [4.78, 5) is 29.0. The fourth-order valence-corrected chi connectivity index (χ4v) is 9.38. The van der Waals surface area contributed by atoms with Crippen molar-refractivity contribution >= 4 is 60.7 Å². The molecule has 5 atom stereocenters. The van der Waals surface area contributed by atoms with E-state index in [1.165, 1.54) is 12.1 Å². The second kappa shape index (κ2) is 11.7. The van der Waals surface area contributed by atoms with E-state index in [2.05, 4.69) is 16.0 Å². The average Bonchev–Trinajstić information content (AvgIpc) is 3.33. The molecular formula is C35H33ClF2N8O2S. The number of anilines is 2. The van der Waals surface area contributed by atoms with Gasteiger partial charge in [-0.25, -0.2) is 8.78 Å². The summed E-state index contributed by atoms with van der Waals surface area (Å²) >= 11 is 7.81. The number of carbonyl (C=O) groups excluding carboxylic acids is 1. The lowest BCUT2D eigenvalue weighted by Crippen LogP contribution is -2.63. The third-order valence-corrected chi connectivity index (χ3v) is 12.3. The predicted octanol–water partition coefficient (Wildman–Crippen LogP) is 6.10. The maximum absolute atomic E-state index is 17.1. The summed E-state index contributed by atoms with van der Waals surface area (Å²) < 4.78 is 38.5. The smallest absolute Gasteiger partial charge is 0.319 e. The Morgan fingerprint density at radius 1 is 1.22 bits per heavy atom. The molecule has 8 rings (SSSR count). The monoisotopic (exact) mass is 702 g/mol. The number of thiophene rings is 1. The Morgan fingerprint density at radius 2 is 2.02 bits per heavy atom. The summed E-state index contributed by atoms with van der Waals surface area (Å²) in [5, 5.41) is 19.9. The second-order valence-corrected chi connectivity index (χ2v) is 15.2. The largest absolute Gasteiger partial charge is 0.459 e. The Labute approximate surface area is 290 Å². The lowest BCUT2D eigenvalue weighted by molar-refractivity contribution is -0.147. The van der Waals surface area contributed by atoms with Gasteiger partial charge in [-0.2, -0.15) is 20.5 Å². The van der Waals surface area contributed by atoms with Crippen molar-refractivity contribution in [3.63, 3.8) is 0 Å². The molecule has 2 N–H and O–H groups in total. The lowest BCUT2D eigenvalue weighted by Gasteiger charge is -2.51. The number of nitriles is 2. The fourth-order valence-electron chi connectivity index (χ4n) is 8.14. The molecule has 0 radical (unpaired) electrons. The van der Waals surface area contributed by atoms with Gasteiger partial charge in [0.15, 0.2) is 5.82 Å². The van der Waals surface area contributed by atoms with Gasteiger partial charge in [0.25, 0.3) is 0 Å². The van der Waals surface area contributed by atoms with Gasteiger partial charge >= 0.3 is 6.01 Å². The first-order valence-electron chi connectivity index (χ1n) is 16.5. The van der Waals surface area contributed by atoms with Crippen LogP contribution in [-0.2, 0) is 4.79 Å². The number of likely N-dealkylation sites (tertiary alicyclic amines) is 2. The maximum Gasteiger partial charge on any atom is 0.319 e. The number of nitrogens with two attached hydrogens (primary N) is 1. The van der Waals surface area contributed by atoms with E-state index in [9.17, 15) is 19.7 Å². The van der Waals surface area contributed by atoms with Crippen molar-refractivity contribution in [3.05, 3.63) is 40.4 Å². The highest BCUT2D eigenvalue weighted by atomic mass is 35.5. The molecule has 2 aromatic heterocycles. The predicted molar refractivity (Wildman–Crippen MR) is 183 cm³/mol. The van der Waals surface area contributed by atoms with E-state index in [1.54, 1.807) is 6.07 Å². The third-order valence-electron chi connectivity index (χ3n) is 11.0. The van der Waals surface area contributed by atoms with E-state index in [0.29, 0.717) is 43.7 Å². The van der Waals surface area contributed by atoms with Gasteiger partial charge in [0.05, 0.1) is 38.7 Å². The number of nitrogen functional groups attached to an aromatic ring is 1. The zero-order chi connectivity index (χ0) is 34.4. The molecule has 1 spiro atoms.